The summed E-state index contributed by atoms with van der Waals surface area (Å²) in [5, 5.41) is 5.87. The molecule has 0 bridgehead atoms. The summed E-state index contributed by atoms with van der Waals surface area (Å²) in [7, 11) is 1.62. The Morgan fingerprint density at radius 1 is 1.21 bits per heavy atom. The molecule has 24 heavy (non-hydrogen) atoms. The molecule has 1 aromatic carbocycles. The molecule has 3 aromatic rings. The molecule has 2 aromatic heterocycles. The van der Waals surface area contributed by atoms with E-state index in [0.29, 0.717) is 17.9 Å². The molecule has 0 aliphatic rings. The van der Waals surface area contributed by atoms with Crippen molar-refractivity contribution in [3.8, 4) is 16.9 Å². The van der Waals surface area contributed by atoms with Crippen molar-refractivity contribution in [2.75, 3.05) is 13.7 Å². The number of benzene rings is 1. The van der Waals surface area contributed by atoms with Crippen LogP contribution >= 0.6 is 11.3 Å². The summed E-state index contributed by atoms with van der Waals surface area (Å²) in [5.74, 6) is 0.623. The number of amides is 1. The summed E-state index contributed by atoms with van der Waals surface area (Å²) in [4.78, 5) is 20.4. The van der Waals surface area contributed by atoms with Crippen LogP contribution in [0.2, 0.25) is 0 Å². The zero-order chi connectivity index (χ0) is 16.8. The number of nitrogens with zero attached hydrogens (tertiary/aromatic N) is 2. The van der Waals surface area contributed by atoms with Gasteiger partial charge in [0.1, 0.15) is 5.75 Å². The minimum absolute atomic E-state index is 0.0835. The molecule has 0 fully saturated rings. The fourth-order valence-electron chi connectivity index (χ4n) is 2.34. The Labute approximate surface area is 144 Å². The first-order valence-electron chi connectivity index (χ1n) is 7.53. The van der Waals surface area contributed by atoms with Gasteiger partial charge in [-0.25, -0.2) is 4.98 Å². The van der Waals surface area contributed by atoms with Gasteiger partial charge in [0, 0.05) is 41.9 Å². The van der Waals surface area contributed by atoms with Crippen molar-refractivity contribution in [1.29, 1.82) is 0 Å². The van der Waals surface area contributed by atoms with Crippen LogP contribution in [0, 0.1) is 0 Å². The minimum Gasteiger partial charge on any atom is -0.494 e. The number of thiazole rings is 1. The zero-order valence-corrected chi connectivity index (χ0v) is 14.0. The predicted octanol–water partition coefficient (Wildman–Crippen LogP) is 3.19. The van der Waals surface area contributed by atoms with Crippen molar-refractivity contribution in [2.45, 2.75) is 6.42 Å². The lowest BCUT2D eigenvalue weighted by atomic mass is 10.0. The highest BCUT2D eigenvalue weighted by Crippen LogP contribution is 2.28. The number of carbonyl (C=O) groups is 1. The smallest absolute Gasteiger partial charge is 0.251 e. The van der Waals surface area contributed by atoms with E-state index in [1.807, 2.05) is 35.7 Å². The van der Waals surface area contributed by atoms with E-state index < -0.39 is 0 Å². The van der Waals surface area contributed by atoms with E-state index in [2.05, 4.69) is 15.3 Å². The van der Waals surface area contributed by atoms with Crippen LogP contribution in [0.15, 0.2) is 54.3 Å². The molecule has 0 spiro atoms. The number of nitrogens with one attached hydrogen (secondary N) is 1. The van der Waals surface area contributed by atoms with E-state index in [0.717, 1.165) is 22.6 Å². The second kappa shape index (κ2) is 7.70. The highest BCUT2D eigenvalue weighted by Gasteiger charge is 2.08. The third kappa shape index (κ3) is 3.78. The summed E-state index contributed by atoms with van der Waals surface area (Å²) in [5.41, 5.74) is 2.56. The third-order valence-electron chi connectivity index (χ3n) is 3.57. The van der Waals surface area contributed by atoms with Crippen molar-refractivity contribution in [2.24, 2.45) is 0 Å². The molecule has 0 aliphatic heterocycles. The lowest BCUT2D eigenvalue weighted by Crippen LogP contribution is -2.25. The average Bonchev–Trinajstić information content (AvgIpc) is 3.15. The standard InChI is InChI=1S/C18H17N3O2S/c1-23-16-12-19-8-6-15(16)13-2-4-14(5-3-13)18(22)21-9-7-17-20-10-11-24-17/h2-6,8,10-12H,7,9H2,1H3,(H,21,22). The molecule has 5 nitrogen and oxygen atoms in total. The summed E-state index contributed by atoms with van der Waals surface area (Å²) >= 11 is 1.59. The molecule has 2 heterocycles. The number of ether oxygens (including phenoxy) is 1. The van der Waals surface area contributed by atoms with E-state index in [4.69, 9.17) is 4.74 Å². The molecule has 0 radical (unpaired) electrons. The van der Waals surface area contributed by atoms with Crippen LogP contribution in [-0.4, -0.2) is 29.5 Å². The van der Waals surface area contributed by atoms with E-state index in [1.165, 1.54) is 0 Å². The Hall–Kier alpha value is -2.73. The number of pyridine rings is 1. The van der Waals surface area contributed by atoms with E-state index >= 15 is 0 Å². The fraction of sp³-hybridized carbons (Fsp3) is 0.167. The molecule has 0 atom stereocenters. The maximum Gasteiger partial charge on any atom is 0.251 e. The van der Waals surface area contributed by atoms with Crippen LogP contribution in [-0.2, 0) is 6.42 Å². The average molecular weight is 339 g/mol. The summed E-state index contributed by atoms with van der Waals surface area (Å²) in [6, 6.07) is 9.34. The summed E-state index contributed by atoms with van der Waals surface area (Å²) in [6.07, 6.45) is 5.91. The number of aromatic nitrogens is 2. The van der Waals surface area contributed by atoms with E-state index in [1.54, 1.807) is 37.0 Å². The van der Waals surface area contributed by atoms with Crippen molar-refractivity contribution < 1.29 is 9.53 Å². The quantitative estimate of drug-likeness (QED) is 0.749. The van der Waals surface area contributed by atoms with Crippen LogP contribution in [0.5, 0.6) is 5.75 Å². The number of hydrogen-bond acceptors (Lipinski definition) is 5. The van der Waals surface area contributed by atoms with Gasteiger partial charge in [0.2, 0.25) is 0 Å². The monoisotopic (exact) mass is 339 g/mol. The predicted molar refractivity (Wildman–Crippen MR) is 94.4 cm³/mol. The highest BCUT2D eigenvalue weighted by atomic mass is 32.1. The van der Waals surface area contributed by atoms with E-state index in [-0.39, 0.29) is 5.91 Å². The Balaban J connectivity index is 1.64. The molecule has 0 aliphatic carbocycles. The molecule has 0 saturated heterocycles. The topological polar surface area (TPSA) is 64.1 Å². The first-order valence-corrected chi connectivity index (χ1v) is 8.41. The molecule has 1 amide bonds. The van der Waals surface area contributed by atoms with Gasteiger partial charge in [-0.05, 0) is 23.8 Å². The number of methoxy groups -OCH3 is 1. The van der Waals surface area contributed by atoms with Crippen molar-refractivity contribution >= 4 is 17.2 Å². The fourth-order valence-corrected chi connectivity index (χ4v) is 2.96. The lowest BCUT2D eigenvalue weighted by molar-refractivity contribution is 0.0954. The summed E-state index contributed by atoms with van der Waals surface area (Å²) < 4.78 is 5.32. The molecule has 6 heteroatoms. The molecule has 122 valence electrons. The Kier molecular flexibility index (Phi) is 5.18. The van der Waals surface area contributed by atoms with Gasteiger partial charge >= 0.3 is 0 Å². The second-order valence-electron chi connectivity index (χ2n) is 5.09. The van der Waals surface area contributed by atoms with Gasteiger partial charge in [0.25, 0.3) is 5.91 Å². The SMILES string of the molecule is COc1cnccc1-c1ccc(C(=O)NCCc2nccs2)cc1. The number of rotatable bonds is 6. The van der Waals surface area contributed by atoms with Crippen molar-refractivity contribution in [3.63, 3.8) is 0 Å². The summed E-state index contributed by atoms with van der Waals surface area (Å²) in [6.45, 7) is 0.576. The first-order chi connectivity index (χ1) is 11.8. The Morgan fingerprint density at radius 2 is 2.04 bits per heavy atom. The van der Waals surface area contributed by atoms with Gasteiger partial charge in [0.05, 0.1) is 18.3 Å². The van der Waals surface area contributed by atoms with Crippen molar-refractivity contribution in [1.82, 2.24) is 15.3 Å². The Morgan fingerprint density at radius 3 is 2.75 bits per heavy atom. The first kappa shape index (κ1) is 16.1. The van der Waals surface area contributed by atoms with Crippen LogP contribution < -0.4 is 10.1 Å². The zero-order valence-electron chi connectivity index (χ0n) is 13.2. The maximum atomic E-state index is 12.2. The van der Waals surface area contributed by atoms with Crippen LogP contribution in [0.3, 0.4) is 0 Å². The molecular formula is C18H17N3O2S. The number of carbonyl (C=O) groups excluding carboxylic acids is 1. The van der Waals surface area contributed by atoms with Crippen LogP contribution in [0.1, 0.15) is 15.4 Å². The molecule has 0 saturated carbocycles. The van der Waals surface area contributed by atoms with Crippen LogP contribution in [0.25, 0.3) is 11.1 Å². The van der Waals surface area contributed by atoms with Gasteiger partial charge in [-0.1, -0.05) is 12.1 Å². The maximum absolute atomic E-state index is 12.2. The van der Waals surface area contributed by atoms with Gasteiger partial charge in [-0.2, -0.15) is 0 Å². The van der Waals surface area contributed by atoms with Gasteiger partial charge < -0.3 is 10.1 Å². The second-order valence-corrected chi connectivity index (χ2v) is 6.06. The minimum atomic E-state index is -0.0835. The third-order valence-corrected chi connectivity index (χ3v) is 4.41. The van der Waals surface area contributed by atoms with Gasteiger partial charge in [-0.3, -0.25) is 9.78 Å². The van der Waals surface area contributed by atoms with Crippen molar-refractivity contribution in [3.05, 3.63) is 64.9 Å². The van der Waals surface area contributed by atoms with Crippen LogP contribution in [0.4, 0.5) is 0 Å². The molecule has 1 N–H and O–H groups in total. The molecular weight excluding hydrogens is 322 g/mol. The highest BCUT2D eigenvalue weighted by molar-refractivity contribution is 7.09. The van der Waals surface area contributed by atoms with Gasteiger partial charge in [0.15, 0.2) is 0 Å². The lowest BCUT2D eigenvalue weighted by Gasteiger charge is -2.09. The Bertz CT molecular complexity index is 801. The number of hydrogen-bond donors (Lipinski definition) is 1. The van der Waals surface area contributed by atoms with Gasteiger partial charge in [-0.15, -0.1) is 11.3 Å². The van der Waals surface area contributed by atoms with E-state index in [9.17, 15) is 4.79 Å². The largest absolute Gasteiger partial charge is 0.494 e. The molecule has 0 unspecified atom stereocenters. The molecule has 3 rings (SSSR count). The normalized spacial score (nSPS) is 10.4.